The van der Waals surface area contributed by atoms with E-state index in [-0.39, 0.29) is 18.3 Å². The maximum atomic E-state index is 9.39. The van der Waals surface area contributed by atoms with Crippen molar-refractivity contribution in [3.63, 3.8) is 0 Å². The van der Waals surface area contributed by atoms with Crippen molar-refractivity contribution in [3.8, 4) is 11.8 Å². The Balaban J connectivity index is 2.14. The summed E-state index contributed by atoms with van der Waals surface area (Å²) in [6, 6.07) is 8.13. The maximum Gasteiger partial charge on any atom is 0.0940 e. The van der Waals surface area contributed by atoms with Gasteiger partial charge in [0.25, 0.3) is 0 Å². The van der Waals surface area contributed by atoms with Crippen molar-refractivity contribution in [2.75, 3.05) is 26.2 Å². The quantitative estimate of drug-likeness (QED) is 0.814. The molecule has 1 aromatic rings. The number of aliphatic hydroxyl groups is 1. The molecule has 0 radical (unpaired) electrons. The predicted molar refractivity (Wildman–Crippen MR) is 83.7 cm³/mol. The largest absolute Gasteiger partial charge is 0.394 e. The smallest absolute Gasteiger partial charge is 0.0940 e. The van der Waals surface area contributed by atoms with Crippen LogP contribution in [-0.2, 0) is 11.3 Å². The van der Waals surface area contributed by atoms with Crippen molar-refractivity contribution in [2.24, 2.45) is 5.73 Å². The topological polar surface area (TPSA) is 58.7 Å². The summed E-state index contributed by atoms with van der Waals surface area (Å²) in [6.45, 7) is 6.91. The average molecular weight is 288 g/mol. The molecule has 1 unspecified atom stereocenters. The van der Waals surface area contributed by atoms with Crippen LogP contribution in [0.3, 0.4) is 0 Å². The molecule has 1 saturated heterocycles. The van der Waals surface area contributed by atoms with Crippen LogP contribution in [0.2, 0.25) is 0 Å². The van der Waals surface area contributed by atoms with Gasteiger partial charge >= 0.3 is 0 Å². The zero-order chi connectivity index (χ0) is 15.3. The summed E-state index contributed by atoms with van der Waals surface area (Å²) in [7, 11) is 0. The van der Waals surface area contributed by atoms with Crippen LogP contribution in [0.4, 0.5) is 0 Å². The number of aliphatic hydroxyl groups excluding tert-OH is 1. The summed E-state index contributed by atoms with van der Waals surface area (Å²) < 4.78 is 5.85. The van der Waals surface area contributed by atoms with Crippen molar-refractivity contribution < 1.29 is 9.84 Å². The van der Waals surface area contributed by atoms with E-state index in [2.05, 4.69) is 36.7 Å². The van der Waals surface area contributed by atoms with Crippen LogP contribution in [0.5, 0.6) is 0 Å². The van der Waals surface area contributed by atoms with E-state index < -0.39 is 0 Å². The lowest BCUT2D eigenvalue weighted by molar-refractivity contribution is -0.150. The Hall–Kier alpha value is -1.38. The molecule has 0 bridgehead atoms. The lowest BCUT2D eigenvalue weighted by Gasteiger charge is -2.42. The second-order valence-corrected chi connectivity index (χ2v) is 6.01. The number of benzene rings is 1. The minimum atomic E-state index is -0.247. The van der Waals surface area contributed by atoms with Gasteiger partial charge in [-0.25, -0.2) is 0 Å². The summed E-state index contributed by atoms with van der Waals surface area (Å²) in [5.41, 5.74) is 7.42. The van der Waals surface area contributed by atoms with Crippen molar-refractivity contribution in [1.29, 1.82) is 0 Å². The molecule has 2 rings (SSSR count). The number of nitrogens with zero attached hydrogens (tertiary/aromatic N) is 1. The Morgan fingerprint density at radius 3 is 2.90 bits per heavy atom. The van der Waals surface area contributed by atoms with E-state index in [0.717, 1.165) is 25.2 Å². The molecule has 4 nitrogen and oxygen atoms in total. The van der Waals surface area contributed by atoms with Gasteiger partial charge < -0.3 is 15.6 Å². The Morgan fingerprint density at radius 2 is 2.19 bits per heavy atom. The molecule has 3 N–H and O–H groups in total. The van der Waals surface area contributed by atoms with E-state index in [9.17, 15) is 5.11 Å². The predicted octanol–water partition coefficient (Wildman–Crippen LogP) is 0.968. The van der Waals surface area contributed by atoms with Crippen LogP contribution in [0.25, 0.3) is 0 Å². The highest BCUT2D eigenvalue weighted by Gasteiger charge is 2.33. The van der Waals surface area contributed by atoms with Crippen LogP contribution in [0.15, 0.2) is 24.3 Å². The summed E-state index contributed by atoms with van der Waals surface area (Å²) in [5, 5.41) is 9.39. The van der Waals surface area contributed by atoms with Gasteiger partial charge in [0.1, 0.15) is 0 Å². The molecule has 1 aromatic carbocycles. The van der Waals surface area contributed by atoms with Crippen molar-refractivity contribution in [1.82, 2.24) is 4.90 Å². The standard InChI is InChI=1S/C17H24N2O2/c1-17(2)13-19(11-16(12-20)21-17)10-15-7-4-3-6-14(15)8-5-9-18/h3-4,6-7,16,20H,9-13,18H2,1-2H3. The Kier molecular flexibility index (Phi) is 5.38. The summed E-state index contributed by atoms with van der Waals surface area (Å²) in [6.07, 6.45) is -0.129. The highest BCUT2D eigenvalue weighted by atomic mass is 16.5. The molecule has 1 aliphatic heterocycles. The fraction of sp³-hybridized carbons (Fsp3) is 0.529. The van der Waals surface area contributed by atoms with Gasteiger partial charge in [0.15, 0.2) is 0 Å². The third-order valence-electron chi connectivity index (χ3n) is 3.49. The van der Waals surface area contributed by atoms with Gasteiger partial charge in [-0.1, -0.05) is 30.0 Å². The van der Waals surface area contributed by atoms with Gasteiger partial charge in [-0.05, 0) is 25.5 Å². The Morgan fingerprint density at radius 1 is 1.43 bits per heavy atom. The van der Waals surface area contributed by atoms with Gasteiger partial charge in [-0.3, -0.25) is 4.90 Å². The third kappa shape index (κ3) is 4.55. The third-order valence-corrected chi connectivity index (χ3v) is 3.49. The van der Waals surface area contributed by atoms with Crippen LogP contribution < -0.4 is 5.73 Å². The molecule has 0 aromatic heterocycles. The molecule has 0 spiro atoms. The number of morpholine rings is 1. The molecule has 0 aliphatic carbocycles. The highest BCUT2D eigenvalue weighted by molar-refractivity contribution is 5.41. The summed E-state index contributed by atoms with van der Waals surface area (Å²) >= 11 is 0. The number of hydrogen-bond donors (Lipinski definition) is 2. The molecule has 21 heavy (non-hydrogen) atoms. The van der Waals surface area contributed by atoms with Gasteiger partial charge in [0.05, 0.1) is 24.9 Å². The van der Waals surface area contributed by atoms with Gasteiger partial charge in [-0.2, -0.15) is 0 Å². The number of ether oxygens (including phenoxy) is 1. The van der Waals surface area contributed by atoms with Gasteiger partial charge in [0, 0.05) is 25.2 Å². The van der Waals surface area contributed by atoms with E-state index in [1.54, 1.807) is 0 Å². The van der Waals surface area contributed by atoms with E-state index in [1.807, 2.05) is 18.2 Å². The molecule has 4 heteroatoms. The summed E-state index contributed by atoms with van der Waals surface area (Å²) in [4.78, 5) is 2.31. The first kappa shape index (κ1) is 16.0. The Bertz CT molecular complexity index is 531. The second-order valence-electron chi connectivity index (χ2n) is 6.01. The second kappa shape index (κ2) is 7.06. The molecule has 114 valence electrons. The van der Waals surface area contributed by atoms with E-state index >= 15 is 0 Å². The van der Waals surface area contributed by atoms with Crippen molar-refractivity contribution in [3.05, 3.63) is 35.4 Å². The highest BCUT2D eigenvalue weighted by Crippen LogP contribution is 2.23. The Labute approximate surface area is 126 Å². The SMILES string of the molecule is CC1(C)CN(Cc2ccccc2C#CCN)CC(CO)O1. The van der Waals surface area contributed by atoms with Gasteiger partial charge in [0.2, 0.25) is 0 Å². The summed E-state index contributed by atoms with van der Waals surface area (Å²) in [5.74, 6) is 6.04. The lowest BCUT2D eigenvalue weighted by atomic mass is 10.0. The maximum absolute atomic E-state index is 9.39. The first-order chi connectivity index (χ1) is 10.0. The molecule has 1 atom stereocenters. The molecule has 1 heterocycles. The number of nitrogens with two attached hydrogens (primary N) is 1. The van der Waals surface area contributed by atoms with Crippen LogP contribution >= 0.6 is 0 Å². The van der Waals surface area contributed by atoms with Crippen LogP contribution in [0, 0.1) is 11.8 Å². The molecular formula is C17H24N2O2. The van der Waals surface area contributed by atoms with E-state index in [0.29, 0.717) is 6.54 Å². The van der Waals surface area contributed by atoms with Gasteiger partial charge in [-0.15, -0.1) is 0 Å². The first-order valence-electron chi connectivity index (χ1n) is 7.32. The molecule has 0 saturated carbocycles. The minimum Gasteiger partial charge on any atom is -0.394 e. The zero-order valence-corrected chi connectivity index (χ0v) is 12.8. The van der Waals surface area contributed by atoms with E-state index in [4.69, 9.17) is 10.5 Å². The minimum absolute atomic E-state index is 0.0502. The monoisotopic (exact) mass is 288 g/mol. The fourth-order valence-corrected chi connectivity index (χ4v) is 2.80. The fourth-order valence-electron chi connectivity index (χ4n) is 2.80. The first-order valence-corrected chi connectivity index (χ1v) is 7.32. The van der Waals surface area contributed by atoms with Crippen LogP contribution in [-0.4, -0.2) is 48.0 Å². The number of rotatable bonds is 3. The molecular weight excluding hydrogens is 264 g/mol. The lowest BCUT2D eigenvalue weighted by Crippen LogP contribution is -2.53. The number of hydrogen-bond acceptors (Lipinski definition) is 4. The zero-order valence-electron chi connectivity index (χ0n) is 12.8. The molecule has 0 amide bonds. The average Bonchev–Trinajstić information content (AvgIpc) is 2.44. The van der Waals surface area contributed by atoms with Crippen molar-refractivity contribution in [2.45, 2.75) is 32.1 Å². The van der Waals surface area contributed by atoms with Crippen molar-refractivity contribution >= 4 is 0 Å². The normalized spacial score (nSPS) is 21.6. The molecule has 1 aliphatic rings. The molecule has 1 fully saturated rings. The van der Waals surface area contributed by atoms with E-state index in [1.165, 1.54) is 5.56 Å². The van der Waals surface area contributed by atoms with Crippen LogP contribution in [0.1, 0.15) is 25.0 Å².